The number of carbonyl (C=O) groups excluding carboxylic acids is 1. The van der Waals surface area contributed by atoms with E-state index in [2.05, 4.69) is 35.3 Å². The molecule has 0 fully saturated rings. The molecule has 0 bridgehead atoms. The molecule has 4 rings (SSSR count). The van der Waals surface area contributed by atoms with Crippen LogP contribution in [0.1, 0.15) is 29.9 Å². The number of fused-ring (bicyclic) bond motifs is 1. The van der Waals surface area contributed by atoms with Crippen LogP contribution in [-0.2, 0) is 17.6 Å². The first-order chi connectivity index (χ1) is 13.2. The van der Waals surface area contributed by atoms with Gasteiger partial charge in [-0.3, -0.25) is 4.79 Å². The first kappa shape index (κ1) is 17.8. The monoisotopic (exact) mass is 379 g/mol. The van der Waals surface area contributed by atoms with Crippen molar-refractivity contribution in [2.24, 2.45) is 0 Å². The molecule has 0 spiro atoms. The van der Waals surface area contributed by atoms with Gasteiger partial charge in [0, 0.05) is 18.7 Å². The zero-order chi connectivity index (χ0) is 18.6. The van der Waals surface area contributed by atoms with E-state index in [1.807, 2.05) is 41.3 Å². The number of amides is 1. The van der Waals surface area contributed by atoms with Crippen molar-refractivity contribution in [3.63, 3.8) is 0 Å². The second-order valence-electron chi connectivity index (χ2n) is 6.69. The lowest BCUT2D eigenvalue weighted by Gasteiger charge is -2.16. The van der Waals surface area contributed by atoms with Gasteiger partial charge in [-0.05, 0) is 29.5 Å². The molecule has 1 aromatic heterocycles. The van der Waals surface area contributed by atoms with E-state index in [-0.39, 0.29) is 5.91 Å². The zero-order valence-corrected chi connectivity index (χ0v) is 16.0. The number of nitrogens with zero attached hydrogens (tertiary/aromatic N) is 3. The van der Waals surface area contributed by atoms with Gasteiger partial charge in [-0.25, -0.2) is 0 Å². The predicted molar refractivity (Wildman–Crippen MR) is 106 cm³/mol. The van der Waals surface area contributed by atoms with Gasteiger partial charge >= 0.3 is 0 Å². The van der Waals surface area contributed by atoms with Crippen LogP contribution < -0.4 is 4.90 Å². The lowest BCUT2D eigenvalue weighted by Crippen LogP contribution is -2.30. The topological polar surface area (TPSA) is 59.2 Å². The third-order valence-electron chi connectivity index (χ3n) is 4.81. The van der Waals surface area contributed by atoms with Gasteiger partial charge in [0.05, 0.1) is 5.75 Å². The molecule has 1 aliphatic heterocycles. The summed E-state index contributed by atoms with van der Waals surface area (Å²) >= 11 is 1.30. The van der Waals surface area contributed by atoms with Crippen LogP contribution in [0, 0.1) is 0 Å². The van der Waals surface area contributed by atoms with Crippen molar-refractivity contribution in [1.29, 1.82) is 0 Å². The van der Waals surface area contributed by atoms with Gasteiger partial charge in [-0.15, -0.1) is 10.2 Å². The van der Waals surface area contributed by atoms with E-state index in [1.54, 1.807) is 0 Å². The second kappa shape index (κ2) is 7.96. The normalized spacial score (nSPS) is 14.2. The summed E-state index contributed by atoms with van der Waals surface area (Å²) < 4.78 is 5.73. The molecule has 1 aliphatic rings. The smallest absolute Gasteiger partial charge is 0.277 e. The molecule has 0 saturated heterocycles. The van der Waals surface area contributed by atoms with Gasteiger partial charge in [0.1, 0.15) is 0 Å². The van der Waals surface area contributed by atoms with Crippen molar-refractivity contribution in [2.45, 2.75) is 30.9 Å². The van der Waals surface area contributed by atoms with Crippen molar-refractivity contribution in [3.8, 4) is 0 Å². The summed E-state index contributed by atoms with van der Waals surface area (Å²) in [6.45, 7) is 2.88. The van der Waals surface area contributed by atoms with E-state index in [0.29, 0.717) is 29.2 Å². The third-order valence-corrected chi connectivity index (χ3v) is 5.61. The number of hydrogen-bond donors (Lipinski definition) is 0. The molecular formula is C21H21N3O2S. The van der Waals surface area contributed by atoms with E-state index in [9.17, 15) is 4.79 Å². The highest BCUT2D eigenvalue weighted by Gasteiger charge is 2.24. The van der Waals surface area contributed by atoms with Crippen molar-refractivity contribution in [2.75, 3.05) is 17.2 Å². The number of benzene rings is 2. The maximum Gasteiger partial charge on any atom is 0.277 e. The van der Waals surface area contributed by atoms with Gasteiger partial charge in [-0.2, -0.15) is 0 Å². The van der Waals surface area contributed by atoms with Crippen LogP contribution in [0.2, 0.25) is 0 Å². The number of anilines is 1. The van der Waals surface area contributed by atoms with Gasteiger partial charge in [0.25, 0.3) is 5.22 Å². The van der Waals surface area contributed by atoms with Crippen molar-refractivity contribution in [3.05, 3.63) is 71.6 Å². The largest absolute Gasteiger partial charge is 0.416 e. The molecular weight excluding hydrogens is 358 g/mol. The van der Waals surface area contributed by atoms with Crippen LogP contribution >= 0.6 is 11.8 Å². The quantitative estimate of drug-likeness (QED) is 0.604. The number of rotatable bonds is 6. The molecule has 3 aromatic rings. The summed E-state index contributed by atoms with van der Waals surface area (Å²) in [7, 11) is 0. The molecule has 0 aliphatic carbocycles. The third kappa shape index (κ3) is 4.06. The fourth-order valence-corrected chi connectivity index (χ4v) is 4.00. The predicted octanol–water partition coefficient (Wildman–Crippen LogP) is 4.10. The number of thioether (sulfide) groups is 1. The van der Waals surface area contributed by atoms with Crippen molar-refractivity contribution >= 4 is 23.4 Å². The Morgan fingerprint density at radius 1 is 1.15 bits per heavy atom. The summed E-state index contributed by atoms with van der Waals surface area (Å²) in [6, 6.07) is 18.3. The summed E-state index contributed by atoms with van der Waals surface area (Å²) in [5, 5.41) is 8.66. The second-order valence-corrected chi connectivity index (χ2v) is 7.62. The van der Waals surface area contributed by atoms with E-state index < -0.39 is 0 Å². The Hall–Kier alpha value is -2.60. The lowest BCUT2D eigenvalue weighted by molar-refractivity contribution is -0.116. The van der Waals surface area contributed by atoms with Crippen molar-refractivity contribution in [1.82, 2.24) is 10.2 Å². The maximum atomic E-state index is 12.6. The summed E-state index contributed by atoms with van der Waals surface area (Å²) in [4.78, 5) is 14.4. The van der Waals surface area contributed by atoms with Crippen LogP contribution in [-0.4, -0.2) is 28.4 Å². The molecule has 2 aromatic carbocycles. The molecule has 27 heavy (non-hydrogen) atoms. The molecule has 1 unspecified atom stereocenters. The minimum Gasteiger partial charge on any atom is -0.416 e. The minimum atomic E-state index is 0.0716. The summed E-state index contributed by atoms with van der Waals surface area (Å²) in [6.07, 6.45) is 1.60. The fourth-order valence-electron chi connectivity index (χ4n) is 3.34. The Balaban J connectivity index is 1.33. The highest BCUT2D eigenvalue weighted by Crippen LogP contribution is 2.29. The highest BCUT2D eigenvalue weighted by molar-refractivity contribution is 7.99. The van der Waals surface area contributed by atoms with E-state index in [4.69, 9.17) is 4.42 Å². The Bertz CT molecular complexity index is 926. The van der Waals surface area contributed by atoms with Crippen LogP contribution in [0.3, 0.4) is 0 Å². The van der Waals surface area contributed by atoms with Gasteiger partial charge in [0.2, 0.25) is 11.8 Å². The molecule has 0 N–H and O–H groups in total. The molecule has 0 radical (unpaired) electrons. The molecule has 1 amide bonds. The maximum absolute atomic E-state index is 12.6. The van der Waals surface area contributed by atoms with E-state index in [1.165, 1.54) is 22.9 Å². The Morgan fingerprint density at radius 2 is 1.93 bits per heavy atom. The first-order valence-corrected chi connectivity index (χ1v) is 10.1. The Kier molecular flexibility index (Phi) is 5.25. The molecule has 138 valence electrons. The summed E-state index contributed by atoms with van der Waals surface area (Å²) in [5.41, 5.74) is 3.49. The van der Waals surface area contributed by atoms with Crippen LogP contribution in [0.5, 0.6) is 0 Å². The SMILES string of the molecule is CC(Cc1nnc(SCC(=O)N2CCc3ccccc32)o1)c1ccccc1. The van der Waals surface area contributed by atoms with E-state index >= 15 is 0 Å². The first-order valence-electron chi connectivity index (χ1n) is 9.09. The van der Waals surface area contributed by atoms with Gasteiger partial charge < -0.3 is 9.32 Å². The van der Waals surface area contributed by atoms with Crippen LogP contribution in [0.15, 0.2) is 64.2 Å². The Labute approximate surface area is 162 Å². The fraction of sp³-hybridized carbons (Fsp3) is 0.286. The average molecular weight is 379 g/mol. The molecule has 2 heterocycles. The minimum absolute atomic E-state index is 0.0716. The number of para-hydroxylation sites is 1. The standard InChI is InChI=1S/C21H21N3O2S/c1-15(16-7-3-2-4-8-16)13-19-22-23-21(26-19)27-14-20(25)24-12-11-17-9-5-6-10-18(17)24/h2-10,15H,11-14H2,1H3. The number of aromatic nitrogens is 2. The molecule has 6 heteroatoms. The lowest BCUT2D eigenvalue weighted by atomic mass is 9.98. The van der Waals surface area contributed by atoms with Crippen molar-refractivity contribution < 1.29 is 9.21 Å². The number of hydrogen-bond acceptors (Lipinski definition) is 5. The van der Waals surface area contributed by atoms with E-state index in [0.717, 1.165) is 18.7 Å². The zero-order valence-electron chi connectivity index (χ0n) is 15.2. The molecule has 5 nitrogen and oxygen atoms in total. The number of carbonyl (C=O) groups is 1. The van der Waals surface area contributed by atoms with Crippen LogP contribution in [0.4, 0.5) is 5.69 Å². The van der Waals surface area contributed by atoms with Crippen LogP contribution in [0.25, 0.3) is 0 Å². The summed E-state index contributed by atoms with van der Waals surface area (Å²) in [5.74, 6) is 1.27. The molecule has 1 atom stereocenters. The molecule has 0 saturated carbocycles. The van der Waals surface area contributed by atoms with Gasteiger partial charge in [-0.1, -0.05) is 67.2 Å². The van der Waals surface area contributed by atoms with Gasteiger partial charge in [0.15, 0.2) is 0 Å². The highest BCUT2D eigenvalue weighted by atomic mass is 32.2. The average Bonchev–Trinajstić information content (AvgIpc) is 3.33. The Morgan fingerprint density at radius 3 is 2.78 bits per heavy atom.